The summed E-state index contributed by atoms with van der Waals surface area (Å²) in [6, 6.07) is 11.5. The molecule has 0 bridgehead atoms. The van der Waals surface area contributed by atoms with Crippen LogP contribution in [0.15, 0.2) is 41.8 Å². The van der Waals surface area contributed by atoms with E-state index in [9.17, 15) is 9.59 Å². The van der Waals surface area contributed by atoms with Crippen LogP contribution >= 0.6 is 11.3 Å². The second-order valence-corrected chi connectivity index (χ2v) is 7.58. The quantitative estimate of drug-likeness (QED) is 0.688. The minimum absolute atomic E-state index is 0.00199. The lowest BCUT2D eigenvalue weighted by Gasteiger charge is -2.08. The van der Waals surface area contributed by atoms with Crippen LogP contribution in [0.5, 0.6) is 5.75 Å². The molecule has 142 valence electrons. The van der Waals surface area contributed by atoms with Gasteiger partial charge < -0.3 is 10.1 Å². The third-order valence-corrected chi connectivity index (χ3v) is 5.38. The maximum Gasteiger partial charge on any atom is 0.264 e. The molecule has 7 heteroatoms. The number of rotatable bonds is 5. The van der Waals surface area contributed by atoms with Crippen molar-refractivity contribution in [2.45, 2.75) is 20.3 Å². The molecule has 1 aliphatic heterocycles. The van der Waals surface area contributed by atoms with E-state index in [-0.39, 0.29) is 18.4 Å². The van der Waals surface area contributed by atoms with Gasteiger partial charge in [0.15, 0.2) is 11.7 Å². The van der Waals surface area contributed by atoms with E-state index in [0.29, 0.717) is 17.3 Å². The Morgan fingerprint density at radius 3 is 2.89 bits per heavy atom. The smallest absolute Gasteiger partial charge is 0.264 e. The third kappa shape index (κ3) is 3.89. The molecule has 0 radical (unpaired) electrons. The molecule has 0 atom stereocenters. The topological polar surface area (TPSA) is 80.3 Å². The van der Waals surface area contributed by atoms with Gasteiger partial charge in [-0.05, 0) is 54.8 Å². The van der Waals surface area contributed by atoms with Gasteiger partial charge in [0.05, 0.1) is 12.1 Å². The lowest BCUT2D eigenvalue weighted by Crippen LogP contribution is -2.20. The highest BCUT2D eigenvalue weighted by atomic mass is 32.1. The molecule has 2 aromatic carbocycles. The fourth-order valence-corrected chi connectivity index (χ4v) is 3.70. The Morgan fingerprint density at radius 2 is 2.07 bits per heavy atom. The fraction of sp³-hybridized carbons (Fsp3) is 0.190. The van der Waals surface area contributed by atoms with Crippen LogP contribution in [0.3, 0.4) is 0 Å². The Morgan fingerprint density at radius 1 is 1.21 bits per heavy atom. The van der Waals surface area contributed by atoms with E-state index in [2.05, 4.69) is 15.6 Å². The molecule has 2 heterocycles. The van der Waals surface area contributed by atoms with Gasteiger partial charge in [-0.3, -0.25) is 14.9 Å². The molecule has 2 N–H and O–H groups in total. The van der Waals surface area contributed by atoms with Crippen molar-refractivity contribution in [3.63, 3.8) is 0 Å². The summed E-state index contributed by atoms with van der Waals surface area (Å²) in [6.45, 7) is 3.95. The molecule has 0 aliphatic carbocycles. The summed E-state index contributed by atoms with van der Waals surface area (Å²) in [4.78, 5) is 28.1. The highest BCUT2D eigenvalue weighted by Gasteiger charge is 2.18. The number of anilines is 2. The van der Waals surface area contributed by atoms with Crippen LogP contribution in [0, 0.1) is 13.8 Å². The van der Waals surface area contributed by atoms with E-state index in [1.807, 2.05) is 55.6 Å². The lowest BCUT2D eigenvalue weighted by atomic mass is 10.1. The number of carbonyl (C=O) groups excluding carboxylic acids is 2. The van der Waals surface area contributed by atoms with Crippen molar-refractivity contribution < 1.29 is 14.3 Å². The fourth-order valence-electron chi connectivity index (χ4n) is 2.96. The molecule has 28 heavy (non-hydrogen) atoms. The molecule has 0 unspecified atom stereocenters. The van der Waals surface area contributed by atoms with Crippen LogP contribution in [0.1, 0.15) is 16.7 Å². The van der Waals surface area contributed by atoms with Crippen molar-refractivity contribution in [1.29, 1.82) is 0 Å². The number of nitrogens with zero attached hydrogens (tertiary/aromatic N) is 1. The second-order valence-electron chi connectivity index (χ2n) is 6.72. The number of nitrogens with one attached hydrogen (secondary N) is 2. The average molecular weight is 393 g/mol. The van der Waals surface area contributed by atoms with Gasteiger partial charge in [-0.25, -0.2) is 4.98 Å². The predicted octanol–water partition coefficient (Wildman–Crippen LogP) is 3.94. The van der Waals surface area contributed by atoms with Crippen LogP contribution in [-0.2, 0) is 16.0 Å². The highest BCUT2D eigenvalue weighted by Crippen LogP contribution is 2.30. The van der Waals surface area contributed by atoms with Crippen molar-refractivity contribution >= 4 is 34.0 Å². The molecular formula is C21H19N3O3S. The van der Waals surface area contributed by atoms with E-state index in [1.54, 1.807) is 0 Å². The van der Waals surface area contributed by atoms with Gasteiger partial charge in [0.2, 0.25) is 5.91 Å². The highest BCUT2D eigenvalue weighted by molar-refractivity contribution is 7.14. The molecule has 4 rings (SSSR count). The van der Waals surface area contributed by atoms with Crippen molar-refractivity contribution in [3.05, 3.63) is 58.5 Å². The van der Waals surface area contributed by atoms with E-state index in [1.165, 1.54) is 16.9 Å². The SMILES string of the molecule is Cc1ccc(OCC(=O)Nc2nc(-c3ccc4c(c3)CC(=O)N4)cs2)cc1C. The summed E-state index contributed by atoms with van der Waals surface area (Å²) in [6.07, 6.45) is 0.382. The molecule has 1 aromatic heterocycles. The van der Waals surface area contributed by atoms with E-state index >= 15 is 0 Å². The van der Waals surface area contributed by atoms with Gasteiger partial charge in [0.1, 0.15) is 5.75 Å². The zero-order valence-corrected chi connectivity index (χ0v) is 16.4. The first-order chi connectivity index (χ1) is 13.5. The van der Waals surface area contributed by atoms with Crippen LogP contribution < -0.4 is 15.4 Å². The number of benzene rings is 2. The monoisotopic (exact) mass is 393 g/mol. The van der Waals surface area contributed by atoms with Gasteiger partial charge in [0, 0.05) is 16.6 Å². The summed E-state index contributed by atoms with van der Waals surface area (Å²) in [5.74, 6) is 0.407. The van der Waals surface area contributed by atoms with Crippen molar-refractivity contribution in [1.82, 2.24) is 4.98 Å². The van der Waals surface area contributed by atoms with Crippen molar-refractivity contribution in [2.75, 3.05) is 17.2 Å². The van der Waals surface area contributed by atoms with Gasteiger partial charge in [-0.15, -0.1) is 11.3 Å². The lowest BCUT2D eigenvalue weighted by molar-refractivity contribution is -0.118. The van der Waals surface area contributed by atoms with Gasteiger partial charge in [-0.2, -0.15) is 0 Å². The summed E-state index contributed by atoms with van der Waals surface area (Å²) in [5.41, 5.74) is 5.78. The summed E-state index contributed by atoms with van der Waals surface area (Å²) < 4.78 is 5.55. The molecule has 0 spiro atoms. The molecular weight excluding hydrogens is 374 g/mol. The number of hydrogen-bond donors (Lipinski definition) is 2. The van der Waals surface area contributed by atoms with Crippen molar-refractivity contribution in [2.24, 2.45) is 0 Å². The van der Waals surface area contributed by atoms with E-state index < -0.39 is 0 Å². The average Bonchev–Trinajstić information content (AvgIpc) is 3.27. The Bertz CT molecular complexity index is 1070. The molecule has 0 saturated heterocycles. The normalized spacial score (nSPS) is 12.4. The number of fused-ring (bicyclic) bond motifs is 1. The Kier molecular flexibility index (Phi) is 4.83. The van der Waals surface area contributed by atoms with Crippen LogP contribution in [0.25, 0.3) is 11.3 Å². The number of aryl methyl sites for hydroxylation is 2. The second kappa shape index (κ2) is 7.44. The largest absolute Gasteiger partial charge is 0.484 e. The first kappa shape index (κ1) is 18.2. The first-order valence-corrected chi connectivity index (χ1v) is 9.74. The minimum Gasteiger partial charge on any atom is -0.484 e. The standard InChI is InChI=1S/C21H19N3O3S/c1-12-3-5-16(7-13(12)2)27-10-20(26)24-21-23-18(11-28-21)14-4-6-17-15(8-14)9-19(25)22-17/h3-8,11H,9-10H2,1-2H3,(H,22,25)(H,23,24,26). The summed E-state index contributed by atoms with van der Waals surface area (Å²) >= 11 is 1.35. The zero-order chi connectivity index (χ0) is 19.7. The number of thiazole rings is 1. The van der Waals surface area contributed by atoms with Gasteiger partial charge >= 0.3 is 0 Å². The molecule has 2 amide bonds. The molecule has 0 fully saturated rings. The summed E-state index contributed by atoms with van der Waals surface area (Å²) in [5, 5.41) is 7.97. The van der Waals surface area contributed by atoms with Gasteiger partial charge in [0.25, 0.3) is 5.91 Å². The third-order valence-electron chi connectivity index (χ3n) is 4.62. The van der Waals surface area contributed by atoms with Gasteiger partial charge in [-0.1, -0.05) is 12.1 Å². The molecule has 6 nitrogen and oxygen atoms in total. The van der Waals surface area contributed by atoms with E-state index in [0.717, 1.165) is 28.1 Å². The molecule has 0 saturated carbocycles. The Labute approximate surface area is 166 Å². The number of ether oxygens (including phenoxy) is 1. The Balaban J connectivity index is 1.38. The first-order valence-electron chi connectivity index (χ1n) is 8.86. The number of carbonyl (C=O) groups is 2. The number of aromatic nitrogens is 1. The minimum atomic E-state index is -0.261. The van der Waals surface area contributed by atoms with E-state index in [4.69, 9.17) is 4.74 Å². The zero-order valence-electron chi connectivity index (χ0n) is 15.5. The predicted molar refractivity (Wildman–Crippen MR) is 110 cm³/mol. The molecule has 3 aromatic rings. The number of hydrogen-bond acceptors (Lipinski definition) is 5. The van der Waals surface area contributed by atoms with Crippen molar-refractivity contribution in [3.8, 4) is 17.0 Å². The van der Waals surface area contributed by atoms with Crippen LogP contribution in [-0.4, -0.2) is 23.4 Å². The Hall–Kier alpha value is -3.19. The van der Waals surface area contributed by atoms with Crippen LogP contribution in [0.2, 0.25) is 0 Å². The maximum atomic E-state index is 12.2. The number of amides is 2. The summed E-state index contributed by atoms with van der Waals surface area (Å²) in [7, 11) is 0. The maximum absolute atomic E-state index is 12.2. The molecule has 1 aliphatic rings. The van der Waals surface area contributed by atoms with Crippen LogP contribution in [0.4, 0.5) is 10.8 Å².